The molecule has 3 atom stereocenters. The SMILES string of the molecule is CCc1c(Cl)[nH]c(=O)n(C2CCCC(C)C2C)c1=O. The van der Waals surface area contributed by atoms with E-state index >= 15 is 0 Å². The van der Waals surface area contributed by atoms with Gasteiger partial charge in [0.2, 0.25) is 0 Å². The molecule has 0 saturated heterocycles. The van der Waals surface area contributed by atoms with Gasteiger partial charge in [-0.1, -0.05) is 45.2 Å². The molecular formula is C14H21ClN2O2. The molecule has 1 saturated carbocycles. The number of hydrogen-bond acceptors (Lipinski definition) is 2. The maximum Gasteiger partial charge on any atom is 0.329 e. The molecule has 0 spiro atoms. The topological polar surface area (TPSA) is 54.9 Å². The molecule has 5 heteroatoms. The number of nitrogens with zero attached hydrogens (tertiary/aromatic N) is 1. The van der Waals surface area contributed by atoms with E-state index in [2.05, 4.69) is 18.8 Å². The number of aromatic amines is 1. The van der Waals surface area contributed by atoms with Crippen molar-refractivity contribution in [1.29, 1.82) is 0 Å². The van der Waals surface area contributed by atoms with Crippen LogP contribution in [0.5, 0.6) is 0 Å². The number of hydrogen-bond donors (Lipinski definition) is 1. The molecule has 2 rings (SSSR count). The first-order valence-corrected chi connectivity index (χ1v) is 7.38. The molecular weight excluding hydrogens is 264 g/mol. The van der Waals surface area contributed by atoms with Crippen LogP contribution in [0, 0.1) is 11.8 Å². The molecule has 1 aromatic rings. The van der Waals surface area contributed by atoms with E-state index in [0.29, 0.717) is 23.8 Å². The maximum absolute atomic E-state index is 12.5. The van der Waals surface area contributed by atoms with Gasteiger partial charge in [-0.25, -0.2) is 4.79 Å². The summed E-state index contributed by atoms with van der Waals surface area (Å²) in [6.45, 7) is 6.19. The van der Waals surface area contributed by atoms with E-state index in [1.54, 1.807) is 0 Å². The standard InChI is InChI=1S/C14H21ClN2O2/c1-4-10-12(15)16-14(19)17(13(10)18)11-7-5-6-8(2)9(11)3/h8-9,11H,4-7H2,1-3H3,(H,16,19). The molecule has 1 heterocycles. The minimum atomic E-state index is -0.377. The second-order valence-corrected chi connectivity index (χ2v) is 5.96. The minimum absolute atomic E-state index is 0.0115. The zero-order chi connectivity index (χ0) is 14.2. The van der Waals surface area contributed by atoms with Crippen LogP contribution in [-0.4, -0.2) is 9.55 Å². The highest BCUT2D eigenvalue weighted by Crippen LogP contribution is 2.36. The summed E-state index contributed by atoms with van der Waals surface area (Å²) in [5.41, 5.74) is -0.0907. The fourth-order valence-corrected chi connectivity index (χ4v) is 3.38. The first-order valence-electron chi connectivity index (χ1n) is 7.00. The fourth-order valence-electron chi connectivity index (χ4n) is 3.09. The van der Waals surface area contributed by atoms with Crippen LogP contribution in [0.3, 0.4) is 0 Å². The molecule has 1 aliphatic rings. The lowest BCUT2D eigenvalue weighted by molar-refractivity contribution is 0.178. The lowest BCUT2D eigenvalue weighted by Crippen LogP contribution is -2.44. The van der Waals surface area contributed by atoms with Crippen LogP contribution in [0.1, 0.15) is 51.6 Å². The highest BCUT2D eigenvalue weighted by molar-refractivity contribution is 6.30. The van der Waals surface area contributed by atoms with Crippen molar-refractivity contribution < 1.29 is 0 Å². The van der Waals surface area contributed by atoms with Gasteiger partial charge in [-0.2, -0.15) is 0 Å². The summed E-state index contributed by atoms with van der Waals surface area (Å²) in [5, 5.41) is 0.185. The van der Waals surface area contributed by atoms with Crippen LogP contribution in [0.4, 0.5) is 0 Å². The molecule has 0 bridgehead atoms. The molecule has 1 N–H and O–H groups in total. The summed E-state index contributed by atoms with van der Waals surface area (Å²) in [7, 11) is 0. The number of nitrogens with one attached hydrogen (secondary N) is 1. The Balaban J connectivity index is 2.56. The summed E-state index contributed by atoms with van der Waals surface area (Å²) >= 11 is 5.94. The van der Waals surface area contributed by atoms with Crippen molar-refractivity contribution in [3.63, 3.8) is 0 Å². The molecule has 0 radical (unpaired) electrons. The van der Waals surface area contributed by atoms with Crippen molar-refractivity contribution >= 4 is 11.6 Å². The van der Waals surface area contributed by atoms with E-state index in [-0.39, 0.29) is 22.4 Å². The molecule has 4 nitrogen and oxygen atoms in total. The number of H-pyrrole nitrogens is 1. The second kappa shape index (κ2) is 5.53. The number of halogens is 1. The molecule has 1 fully saturated rings. The Morgan fingerprint density at radius 3 is 2.63 bits per heavy atom. The molecule has 0 amide bonds. The zero-order valence-corrected chi connectivity index (χ0v) is 12.5. The third-order valence-electron chi connectivity index (χ3n) is 4.53. The third kappa shape index (κ3) is 2.50. The van der Waals surface area contributed by atoms with Crippen LogP contribution in [0.25, 0.3) is 0 Å². The summed E-state index contributed by atoms with van der Waals surface area (Å²) in [6.07, 6.45) is 3.65. The van der Waals surface area contributed by atoms with Gasteiger partial charge in [0.1, 0.15) is 5.15 Å². The van der Waals surface area contributed by atoms with Crippen molar-refractivity contribution in [3.8, 4) is 0 Å². The molecule has 106 valence electrons. The average molecular weight is 285 g/mol. The Hall–Kier alpha value is -1.03. The number of rotatable bonds is 2. The van der Waals surface area contributed by atoms with E-state index < -0.39 is 0 Å². The summed E-state index contributed by atoms with van der Waals surface area (Å²) in [4.78, 5) is 27.2. The third-order valence-corrected chi connectivity index (χ3v) is 4.85. The smallest absolute Gasteiger partial charge is 0.297 e. The quantitative estimate of drug-likeness (QED) is 0.849. The Labute approximate surface area is 117 Å². The van der Waals surface area contributed by atoms with Gasteiger partial charge < -0.3 is 0 Å². The van der Waals surface area contributed by atoms with E-state index in [4.69, 9.17) is 11.6 Å². The normalized spacial score (nSPS) is 27.5. The van der Waals surface area contributed by atoms with Gasteiger partial charge in [0, 0.05) is 6.04 Å². The second-order valence-electron chi connectivity index (χ2n) is 5.59. The Morgan fingerprint density at radius 2 is 2.00 bits per heavy atom. The molecule has 1 aromatic heterocycles. The van der Waals surface area contributed by atoms with Gasteiger partial charge in [0.25, 0.3) is 5.56 Å². The molecule has 1 aliphatic carbocycles. The zero-order valence-electron chi connectivity index (χ0n) is 11.7. The maximum atomic E-state index is 12.5. The number of aromatic nitrogens is 2. The van der Waals surface area contributed by atoms with Crippen LogP contribution in [-0.2, 0) is 6.42 Å². The highest BCUT2D eigenvalue weighted by atomic mass is 35.5. The van der Waals surface area contributed by atoms with Crippen LogP contribution >= 0.6 is 11.6 Å². The lowest BCUT2D eigenvalue weighted by atomic mass is 9.78. The van der Waals surface area contributed by atoms with E-state index in [1.807, 2.05) is 6.92 Å². The molecule has 3 unspecified atom stereocenters. The van der Waals surface area contributed by atoms with E-state index in [1.165, 1.54) is 11.0 Å². The van der Waals surface area contributed by atoms with Gasteiger partial charge >= 0.3 is 5.69 Å². The van der Waals surface area contributed by atoms with Crippen molar-refractivity contribution in [3.05, 3.63) is 31.6 Å². The van der Waals surface area contributed by atoms with Crippen molar-refractivity contribution in [1.82, 2.24) is 9.55 Å². The van der Waals surface area contributed by atoms with Crippen LogP contribution < -0.4 is 11.2 Å². The van der Waals surface area contributed by atoms with E-state index in [0.717, 1.165) is 12.8 Å². The lowest BCUT2D eigenvalue weighted by Gasteiger charge is -2.34. The first kappa shape index (κ1) is 14.4. The summed E-state index contributed by atoms with van der Waals surface area (Å²) in [6, 6.07) is -0.0115. The van der Waals surface area contributed by atoms with Crippen molar-refractivity contribution in [2.45, 2.75) is 52.5 Å². The van der Waals surface area contributed by atoms with Gasteiger partial charge in [0.05, 0.1) is 5.56 Å². The summed E-state index contributed by atoms with van der Waals surface area (Å²) < 4.78 is 1.39. The summed E-state index contributed by atoms with van der Waals surface area (Å²) in [5.74, 6) is 0.865. The Kier molecular flexibility index (Phi) is 4.19. The Bertz CT molecular complexity index is 576. The predicted molar refractivity (Wildman–Crippen MR) is 76.9 cm³/mol. The largest absolute Gasteiger partial charge is 0.329 e. The highest BCUT2D eigenvalue weighted by Gasteiger charge is 2.31. The van der Waals surface area contributed by atoms with Gasteiger partial charge in [-0.3, -0.25) is 14.3 Å². The van der Waals surface area contributed by atoms with Crippen molar-refractivity contribution in [2.75, 3.05) is 0 Å². The predicted octanol–water partition coefficient (Wildman–Crippen LogP) is 2.75. The fraction of sp³-hybridized carbons (Fsp3) is 0.714. The van der Waals surface area contributed by atoms with Gasteiger partial charge in [-0.15, -0.1) is 0 Å². The minimum Gasteiger partial charge on any atom is -0.297 e. The van der Waals surface area contributed by atoms with Crippen LogP contribution in [0.15, 0.2) is 9.59 Å². The first-order chi connectivity index (χ1) is 8.97. The average Bonchev–Trinajstić information content (AvgIpc) is 2.34. The molecule has 0 aliphatic heterocycles. The van der Waals surface area contributed by atoms with Gasteiger partial charge in [-0.05, 0) is 24.7 Å². The molecule has 0 aromatic carbocycles. The van der Waals surface area contributed by atoms with E-state index in [9.17, 15) is 9.59 Å². The monoisotopic (exact) mass is 284 g/mol. The molecule has 19 heavy (non-hydrogen) atoms. The van der Waals surface area contributed by atoms with Crippen LogP contribution in [0.2, 0.25) is 5.15 Å². The van der Waals surface area contributed by atoms with Gasteiger partial charge in [0.15, 0.2) is 0 Å². The van der Waals surface area contributed by atoms with Crippen molar-refractivity contribution in [2.24, 2.45) is 11.8 Å². The Morgan fingerprint density at radius 1 is 1.32 bits per heavy atom.